The van der Waals surface area contributed by atoms with Crippen molar-refractivity contribution in [3.05, 3.63) is 0 Å². The molecule has 1 heterocycles. The fourth-order valence-corrected chi connectivity index (χ4v) is 1.77. The predicted molar refractivity (Wildman–Crippen MR) is 56.3 cm³/mol. The highest BCUT2D eigenvalue weighted by Crippen LogP contribution is 2.18. The van der Waals surface area contributed by atoms with E-state index in [1.807, 2.05) is 6.92 Å². The van der Waals surface area contributed by atoms with Gasteiger partial charge in [0.15, 0.2) is 0 Å². The summed E-state index contributed by atoms with van der Waals surface area (Å²) < 4.78 is 5.15. The Labute approximate surface area is 90.2 Å². The molecule has 0 radical (unpaired) electrons. The molecular weight excluding hydrogens is 196 g/mol. The molecule has 1 aliphatic heterocycles. The minimum absolute atomic E-state index is 0.0251. The first-order valence-electron chi connectivity index (χ1n) is 5.41. The third-order valence-corrected chi connectivity index (χ3v) is 2.63. The lowest BCUT2D eigenvalue weighted by Crippen LogP contribution is -2.56. The summed E-state index contributed by atoms with van der Waals surface area (Å²) in [5.41, 5.74) is 5.10. The quantitative estimate of drug-likeness (QED) is 0.639. The van der Waals surface area contributed by atoms with Crippen LogP contribution in [0.25, 0.3) is 0 Å². The van der Waals surface area contributed by atoms with Gasteiger partial charge in [-0.2, -0.15) is 0 Å². The molecule has 1 fully saturated rings. The maximum absolute atomic E-state index is 12.1. The van der Waals surface area contributed by atoms with E-state index in [2.05, 4.69) is 0 Å². The van der Waals surface area contributed by atoms with Crippen LogP contribution in [0.3, 0.4) is 0 Å². The number of amides is 1. The molecule has 0 aromatic heterocycles. The summed E-state index contributed by atoms with van der Waals surface area (Å²) in [5, 5.41) is 8.87. The zero-order chi connectivity index (χ0) is 11.3. The molecule has 1 unspecified atom stereocenters. The molecule has 0 aliphatic carbocycles. The molecule has 0 aromatic carbocycles. The Morgan fingerprint density at radius 3 is 2.80 bits per heavy atom. The number of hydrogen-bond acceptors (Lipinski definition) is 4. The third-order valence-electron chi connectivity index (χ3n) is 2.63. The van der Waals surface area contributed by atoms with E-state index in [0.717, 1.165) is 6.42 Å². The number of aliphatic hydroxyl groups excluding tert-OH is 1. The maximum atomic E-state index is 12.1. The number of aliphatic hydroxyl groups is 1. The highest BCUT2D eigenvalue weighted by Gasteiger charge is 2.40. The summed E-state index contributed by atoms with van der Waals surface area (Å²) in [7, 11) is 0. The molecular formula is C10H20N2O3. The van der Waals surface area contributed by atoms with Crippen LogP contribution in [-0.2, 0) is 9.53 Å². The van der Waals surface area contributed by atoms with Crippen LogP contribution in [0.5, 0.6) is 0 Å². The Bertz CT molecular complexity index is 209. The van der Waals surface area contributed by atoms with Crippen LogP contribution in [0.15, 0.2) is 0 Å². The molecule has 1 atom stereocenters. The van der Waals surface area contributed by atoms with Crippen LogP contribution >= 0.6 is 0 Å². The standard InChI is InChI=1S/C10H20N2O3/c1-2-4-12(5-6-13)9(14)10(11)3-7-15-8-10/h13H,2-8,11H2,1H3. The van der Waals surface area contributed by atoms with Gasteiger partial charge in [-0.05, 0) is 12.8 Å². The molecule has 0 saturated carbocycles. The second-order valence-corrected chi connectivity index (χ2v) is 3.97. The van der Waals surface area contributed by atoms with Crippen molar-refractivity contribution in [1.82, 2.24) is 4.90 Å². The molecule has 1 aliphatic rings. The largest absolute Gasteiger partial charge is 0.395 e. The zero-order valence-electron chi connectivity index (χ0n) is 9.24. The minimum atomic E-state index is -0.871. The molecule has 15 heavy (non-hydrogen) atoms. The second-order valence-electron chi connectivity index (χ2n) is 3.97. The Morgan fingerprint density at radius 2 is 2.33 bits per heavy atom. The van der Waals surface area contributed by atoms with Gasteiger partial charge in [0.05, 0.1) is 13.2 Å². The number of carbonyl (C=O) groups is 1. The molecule has 1 amide bonds. The predicted octanol–water partition coefficient (Wildman–Crippen LogP) is -0.665. The number of nitrogens with zero attached hydrogens (tertiary/aromatic N) is 1. The first kappa shape index (κ1) is 12.4. The van der Waals surface area contributed by atoms with Crippen molar-refractivity contribution in [2.45, 2.75) is 25.3 Å². The number of carbonyl (C=O) groups excluding carboxylic acids is 1. The Balaban J connectivity index is 2.61. The van der Waals surface area contributed by atoms with Gasteiger partial charge in [-0.3, -0.25) is 4.79 Å². The van der Waals surface area contributed by atoms with Crippen LogP contribution in [-0.4, -0.2) is 54.4 Å². The summed E-state index contributed by atoms with van der Waals surface area (Å²) in [6.07, 6.45) is 1.43. The first-order chi connectivity index (χ1) is 7.14. The maximum Gasteiger partial charge on any atom is 0.245 e. The highest BCUT2D eigenvalue weighted by molar-refractivity contribution is 5.86. The van der Waals surface area contributed by atoms with Crippen molar-refractivity contribution < 1.29 is 14.6 Å². The topological polar surface area (TPSA) is 75.8 Å². The van der Waals surface area contributed by atoms with Crippen LogP contribution in [0.1, 0.15) is 19.8 Å². The van der Waals surface area contributed by atoms with Gasteiger partial charge < -0.3 is 20.5 Å². The van der Waals surface area contributed by atoms with Gasteiger partial charge in [0.25, 0.3) is 0 Å². The molecule has 0 spiro atoms. The SMILES string of the molecule is CCCN(CCO)C(=O)C1(N)CCOC1. The van der Waals surface area contributed by atoms with Gasteiger partial charge in [0.1, 0.15) is 5.54 Å². The van der Waals surface area contributed by atoms with Crippen molar-refractivity contribution in [2.24, 2.45) is 5.73 Å². The summed E-state index contributed by atoms with van der Waals surface area (Å²) in [6, 6.07) is 0. The van der Waals surface area contributed by atoms with E-state index in [1.54, 1.807) is 4.90 Å². The molecule has 5 nitrogen and oxygen atoms in total. The van der Waals surface area contributed by atoms with E-state index in [1.165, 1.54) is 0 Å². The van der Waals surface area contributed by atoms with Gasteiger partial charge in [-0.1, -0.05) is 6.92 Å². The summed E-state index contributed by atoms with van der Waals surface area (Å²) in [5.74, 6) is -0.101. The van der Waals surface area contributed by atoms with Crippen molar-refractivity contribution in [3.8, 4) is 0 Å². The van der Waals surface area contributed by atoms with Gasteiger partial charge in [0.2, 0.25) is 5.91 Å². The first-order valence-corrected chi connectivity index (χ1v) is 5.41. The Hall–Kier alpha value is -0.650. The molecule has 1 rings (SSSR count). The molecule has 1 saturated heterocycles. The van der Waals surface area contributed by atoms with E-state index in [-0.39, 0.29) is 19.1 Å². The fourth-order valence-electron chi connectivity index (χ4n) is 1.77. The van der Waals surface area contributed by atoms with Crippen molar-refractivity contribution in [2.75, 3.05) is 32.9 Å². The monoisotopic (exact) mass is 216 g/mol. The number of ether oxygens (including phenoxy) is 1. The van der Waals surface area contributed by atoms with Crippen molar-refractivity contribution >= 4 is 5.91 Å². The van der Waals surface area contributed by atoms with Gasteiger partial charge in [0, 0.05) is 19.7 Å². The molecule has 3 N–H and O–H groups in total. The average molecular weight is 216 g/mol. The summed E-state index contributed by atoms with van der Waals surface area (Å²) in [6.45, 7) is 3.79. The van der Waals surface area contributed by atoms with Gasteiger partial charge in [-0.15, -0.1) is 0 Å². The normalized spacial score (nSPS) is 25.5. The Morgan fingerprint density at radius 1 is 1.60 bits per heavy atom. The second kappa shape index (κ2) is 5.44. The number of nitrogens with two attached hydrogens (primary N) is 1. The van der Waals surface area contributed by atoms with Crippen LogP contribution in [0.2, 0.25) is 0 Å². The van der Waals surface area contributed by atoms with E-state index < -0.39 is 5.54 Å². The summed E-state index contributed by atoms with van der Waals surface area (Å²) >= 11 is 0. The smallest absolute Gasteiger partial charge is 0.245 e. The lowest BCUT2D eigenvalue weighted by molar-refractivity contribution is -0.137. The minimum Gasteiger partial charge on any atom is -0.395 e. The van der Waals surface area contributed by atoms with Gasteiger partial charge >= 0.3 is 0 Å². The van der Waals surface area contributed by atoms with Crippen LogP contribution in [0, 0.1) is 0 Å². The van der Waals surface area contributed by atoms with E-state index >= 15 is 0 Å². The molecule has 88 valence electrons. The van der Waals surface area contributed by atoms with E-state index in [9.17, 15) is 4.79 Å². The average Bonchev–Trinajstić information content (AvgIpc) is 2.65. The fraction of sp³-hybridized carbons (Fsp3) is 0.900. The van der Waals surface area contributed by atoms with Crippen molar-refractivity contribution in [1.29, 1.82) is 0 Å². The highest BCUT2D eigenvalue weighted by atomic mass is 16.5. The molecule has 0 bridgehead atoms. The van der Waals surface area contributed by atoms with E-state index in [4.69, 9.17) is 15.6 Å². The third kappa shape index (κ3) is 2.90. The number of rotatable bonds is 5. The van der Waals surface area contributed by atoms with Gasteiger partial charge in [-0.25, -0.2) is 0 Å². The zero-order valence-corrected chi connectivity index (χ0v) is 9.24. The Kier molecular flexibility index (Phi) is 4.50. The lowest BCUT2D eigenvalue weighted by atomic mass is 9.98. The van der Waals surface area contributed by atoms with Crippen LogP contribution in [0.4, 0.5) is 0 Å². The lowest BCUT2D eigenvalue weighted by Gasteiger charge is -2.29. The van der Waals surface area contributed by atoms with E-state index in [0.29, 0.717) is 26.1 Å². The van der Waals surface area contributed by atoms with Crippen LogP contribution < -0.4 is 5.73 Å². The number of hydrogen-bond donors (Lipinski definition) is 2. The summed E-state index contributed by atoms with van der Waals surface area (Å²) in [4.78, 5) is 13.7. The molecule has 5 heteroatoms. The molecule has 0 aromatic rings. The van der Waals surface area contributed by atoms with Crippen molar-refractivity contribution in [3.63, 3.8) is 0 Å².